The summed E-state index contributed by atoms with van der Waals surface area (Å²) in [6.45, 7) is 4.26. The molecule has 1 aromatic carbocycles. The Labute approximate surface area is 108 Å². The van der Waals surface area contributed by atoms with Crippen molar-refractivity contribution >= 4 is 18.2 Å². The number of nitrogens with one attached hydrogen (secondary N) is 1. The first-order valence-corrected chi connectivity index (χ1v) is 7.25. The molecule has 94 valence electrons. The highest BCUT2D eigenvalue weighted by molar-refractivity contribution is 7.96. The average molecular weight is 251 g/mol. The van der Waals surface area contributed by atoms with Gasteiger partial charge in [0, 0.05) is 0 Å². The van der Waals surface area contributed by atoms with Crippen molar-refractivity contribution in [2.75, 3.05) is 6.26 Å². The molecule has 0 amide bonds. The lowest BCUT2D eigenvalue weighted by Crippen LogP contribution is -2.32. The van der Waals surface area contributed by atoms with Crippen LogP contribution in [0.2, 0.25) is 0 Å². The molecule has 1 rings (SSSR count). The first-order chi connectivity index (χ1) is 8.21. The molecular formula is C14H21NOS. The summed E-state index contributed by atoms with van der Waals surface area (Å²) < 4.78 is 3.12. The molecule has 2 nitrogen and oxygen atoms in total. The molecule has 2 atom stereocenters. The summed E-state index contributed by atoms with van der Waals surface area (Å²) in [5.74, 6) is 0.312. The fraction of sp³-hybridized carbons (Fsp3) is 0.500. The van der Waals surface area contributed by atoms with Crippen molar-refractivity contribution in [1.82, 2.24) is 4.72 Å². The number of aldehydes is 1. The fourth-order valence-electron chi connectivity index (χ4n) is 1.82. The zero-order valence-corrected chi connectivity index (χ0v) is 11.6. The molecule has 2 unspecified atom stereocenters. The lowest BCUT2D eigenvalue weighted by molar-refractivity contribution is -0.110. The number of hydrogen-bond acceptors (Lipinski definition) is 3. The highest BCUT2D eigenvalue weighted by Gasteiger charge is 2.15. The maximum atomic E-state index is 11.0. The van der Waals surface area contributed by atoms with E-state index in [4.69, 9.17) is 0 Å². The topological polar surface area (TPSA) is 29.1 Å². The van der Waals surface area contributed by atoms with Gasteiger partial charge in [0.2, 0.25) is 0 Å². The van der Waals surface area contributed by atoms with E-state index in [0.717, 1.165) is 19.1 Å². The maximum absolute atomic E-state index is 11.0. The van der Waals surface area contributed by atoms with Gasteiger partial charge in [0.15, 0.2) is 0 Å². The third-order valence-corrected chi connectivity index (χ3v) is 3.51. The lowest BCUT2D eigenvalue weighted by atomic mass is 9.94. The van der Waals surface area contributed by atoms with Gasteiger partial charge >= 0.3 is 0 Å². The molecule has 0 aliphatic carbocycles. The molecule has 0 aliphatic heterocycles. The smallest absolute Gasteiger partial charge is 0.138 e. The van der Waals surface area contributed by atoms with E-state index < -0.39 is 0 Å². The van der Waals surface area contributed by atoms with Crippen LogP contribution in [0.5, 0.6) is 0 Å². The summed E-state index contributed by atoms with van der Waals surface area (Å²) in [4.78, 5) is 11.0. The van der Waals surface area contributed by atoms with Crippen LogP contribution in [-0.4, -0.2) is 18.6 Å². The van der Waals surface area contributed by atoms with E-state index >= 15 is 0 Å². The van der Waals surface area contributed by atoms with Gasteiger partial charge in [-0.1, -0.05) is 50.1 Å². The fourth-order valence-corrected chi connectivity index (χ4v) is 2.38. The number of hydrogen-bond donors (Lipinski definition) is 1. The maximum Gasteiger partial charge on any atom is 0.138 e. The van der Waals surface area contributed by atoms with Gasteiger partial charge in [-0.2, -0.15) is 0 Å². The van der Waals surface area contributed by atoms with Crippen LogP contribution in [0.4, 0.5) is 0 Å². The Bertz CT molecular complexity index is 337. The van der Waals surface area contributed by atoms with E-state index in [1.807, 2.05) is 6.26 Å². The normalized spacial score (nSPS) is 14.3. The summed E-state index contributed by atoms with van der Waals surface area (Å²) in [5.41, 5.74) is 2.65. The van der Waals surface area contributed by atoms with E-state index in [9.17, 15) is 4.79 Å². The first-order valence-electron chi connectivity index (χ1n) is 6.02. The standard InChI is InChI=1S/C14H21NOS/c1-4-12-5-7-13(8-6-12)9-11(2)14(10-16)15-17-3/h5-8,10-11,14-15H,4,9H2,1-3H3. The Kier molecular flexibility index (Phi) is 6.30. The van der Waals surface area contributed by atoms with Crippen LogP contribution in [0, 0.1) is 5.92 Å². The minimum atomic E-state index is -0.0733. The molecule has 1 N–H and O–H groups in total. The molecule has 0 radical (unpaired) electrons. The molecule has 0 aliphatic rings. The molecule has 17 heavy (non-hydrogen) atoms. The molecule has 0 spiro atoms. The van der Waals surface area contributed by atoms with Crippen LogP contribution in [0.15, 0.2) is 24.3 Å². The van der Waals surface area contributed by atoms with Crippen molar-refractivity contribution < 1.29 is 4.79 Å². The van der Waals surface area contributed by atoms with Crippen molar-refractivity contribution in [2.24, 2.45) is 5.92 Å². The van der Waals surface area contributed by atoms with E-state index in [-0.39, 0.29) is 6.04 Å². The van der Waals surface area contributed by atoms with Crippen LogP contribution in [0.25, 0.3) is 0 Å². The number of aryl methyl sites for hydroxylation is 1. The Morgan fingerprint density at radius 2 is 1.88 bits per heavy atom. The zero-order valence-electron chi connectivity index (χ0n) is 10.8. The van der Waals surface area contributed by atoms with Crippen molar-refractivity contribution in [3.63, 3.8) is 0 Å². The quantitative estimate of drug-likeness (QED) is 0.597. The number of carbonyl (C=O) groups excluding carboxylic acids is 1. The summed E-state index contributed by atoms with van der Waals surface area (Å²) in [6, 6.07) is 8.59. The largest absolute Gasteiger partial charge is 0.302 e. The second-order valence-corrected chi connectivity index (χ2v) is 4.98. The minimum absolute atomic E-state index is 0.0733. The summed E-state index contributed by atoms with van der Waals surface area (Å²) in [7, 11) is 0. The van der Waals surface area contributed by atoms with E-state index in [0.29, 0.717) is 5.92 Å². The van der Waals surface area contributed by atoms with Crippen LogP contribution < -0.4 is 4.72 Å². The third-order valence-electron chi connectivity index (χ3n) is 3.00. The highest BCUT2D eigenvalue weighted by Crippen LogP contribution is 2.14. The Morgan fingerprint density at radius 3 is 2.35 bits per heavy atom. The molecule has 0 fully saturated rings. The van der Waals surface area contributed by atoms with Crippen molar-refractivity contribution in [2.45, 2.75) is 32.7 Å². The molecule has 0 saturated heterocycles. The van der Waals surface area contributed by atoms with Gasteiger partial charge in [-0.25, -0.2) is 0 Å². The predicted octanol–water partition coefficient (Wildman–Crippen LogP) is 2.86. The van der Waals surface area contributed by atoms with Gasteiger partial charge < -0.3 is 4.79 Å². The summed E-state index contributed by atoms with van der Waals surface area (Å²) in [6.07, 6.45) is 4.95. The van der Waals surface area contributed by atoms with Crippen LogP contribution in [0.1, 0.15) is 25.0 Å². The second-order valence-electron chi connectivity index (χ2n) is 4.34. The SMILES string of the molecule is CCc1ccc(CC(C)C(C=O)NSC)cc1. The van der Waals surface area contributed by atoms with Gasteiger partial charge in [0.1, 0.15) is 6.29 Å². The van der Waals surface area contributed by atoms with Gasteiger partial charge in [-0.05, 0) is 36.1 Å². The molecule has 1 aromatic rings. The molecule has 0 bridgehead atoms. The van der Waals surface area contributed by atoms with Gasteiger partial charge in [-0.15, -0.1) is 0 Å². The van der Waals surface area contributed by atoms with E-state index in [1.165, 1.54) is 23.1 Å². The first kappa shape index (κ1) is 14.3. The average Bonchev–Trinajstić information content (AvgIpc) is 2.36. The van der Waals surface area contributed by atoms with Crippen LogP contribution in [-0.2, 0) is 17.6 Å². The predicted molar refractivity (Wildman–Crippen MR) is 75.2 cm³/mol. The highest BCUT2D eigenvalue weighted by atomic mass is 32.2. The second kappa shape index (κ2) is 7.51. The molecule has 0 aromatic heterocycles. The van der Waals surface area contributed by atoms with Gasteiger partial charge in [0.25, 0.3) is 0 Å². The number of rotatable bonds is 7. The monoisotopic (exact) mass is 251 g/mol. The van der Waals surface area contributed by atoms with Gasteiger partial charge in [0.05, 0.1) is 6.04 Å². The summed E-state index contributed by atoms with van der Waals surface area (Å²) >= 11 is 1.50. The molecule has 0 saturated carbocycles. The van der Waals surface area contributed by atoms with Crippen molar-refractivity contribution in [1.29, 1.82) is 0 Å². The molecule has 3 heteroatoms. The lowest BCUT2D eigenvalue weighted by Gasteiger charge is -2.18. The van der Waals surface area contributed by atoms with Crippen molar-refractivity contribution in [3.8, 4) is 0 Å². The molecular weight excluding hydrogens is 230 g/mol. The van der Waals surface area contributed by atoms with Crippen molar-refractivity contribution in [3.05, 3.63) is 35.4 Å². The van der Waals surface area contributed by atoms with Crippen LogP contribution in [0.3, 0.4) is 0 Å². The van der Waals surface area contributed by atoms with E-state index in [1.54, 1.807) is 0 Å². The van der Waals surface area contributed by atoms with Gasteiger partial charge in [-0.3, -0.25) is 4.72 Å². The van der Waals surface area contributed by atoms with E-state index in [2.05, 4.69) is 42.8 Å². The summed E-state index contributed by atoms with van der Waals surface area (Å²) in [5, 5.41) is 0. The zero-order chi connectivity index (χ0) is 12.7. The Morgan fingerprint density at radius 1 is 1.29 bits per heavy atom. The third kappa shape index (κ3) is 4.52. The Hall–Kier alpha value is -0.800. The number of benzene rings is 1. The van der Waals surface area contributed by atoms with Crippen LogP contribution >= 0.6 is 11.9 Å². The molecule has 0 heterocycles. The number of carbonyl (C=O) groups is 1. The Balaban J connectivity index is 2.59. The minimum Gasteiger partial charge on any atom is -0.302 e.